The summed E-state index contributed by atoms with van der Waals surface area (Å²) < 4.78 is 5.34. The van der Waals surface area contributed by atoms with Crippen molar-refractivity contribution >= 4 is 11.3 Å². The van der Waals surface area contributed by atoms with Crippen LogP contribution in [0.2, 0.25) is 0 Å². The lowest BCUT2D eigenvalue weighted by Gasteiger charge is -2.20. The van der Waals surface area contributed by atoms with Crippen molar-refractivity contribution in [3.63, 3.8) is 0 Å². The largest absolute Gasteiger partial charge is 0.339 e. The van der Waals surface area contributed by atoms with Crippen LogP contribution < -0.4 is 5.32 Å². The molecule has 6 heteroatoms. The Bertz CT molecular complexity index is 530. The Morgan fingerprint density at radius 1 is 1.37 bits per heavy atom. The van der Waals surface area contributed by atoms with E-state index in [2.05, 4.69) is 25.8 Å². The molecule has 1 fully saturated rings. The first-order chi connectivity index (χ1) is 9.29. The Morgan fingerprint density at radius 3 is 2.95 bits per heavy atom. The summed E-state index contributed by atoms with van der Waals surface area (Å²) in [6, 6.07) is 0. The highest BCUT2D eigenvalue weighted by Gasteiger charge is 2.17. The van der Waals surface area contributed by atoms with Crippen molar-refractivity contribution in [2.75, 3.05) is 13.1 Å². The third kappa shape index (κ3) is 3.39. The van der Waals surface area contributed by atoms with Crippen LogP contribution in [-0.4, -0.2) is 28.2 Å². The average Bonchev–Trinajstić information content (AvgIpc) is 3.01. The predicted octanol–water partition coefficient (Wildman–Crippen LogP) is 1.97. The van der Waals surface area contributed by atoms with E-state index in [0.29, 0.717) is 12.3 Å². The lowest BCUT2D eigenvalue weighted by molar-refractivity contribution is 0.312. The second-order valence-electron chi connectivity index (χ2n) is 5.04. The Morgan fingerprint density at radius 2 is 2.21 bits per heavy atom. The van der Waals surface area contributed by atoms with E-state index in [0.717, 1.165) is 41.9 Å². The maximum atomic E-state index is 5.34. The predicted molar refractivity (Wildman–Crippen MR) is 73.3 cm³/mol. The molecule has 19 heavy (non-hydrogen) atoms. The normalized spacial score (nSPS) is 16.9. The monoisotopic (exact) mass is 278 g/mol. The van der Waals surface area contributed by atoms with E-state index >= 15 is 0 Å². The van der Waals surface area contributed by atoms with Gasteiger partial charge in [0.15, 0.2) is 5.82 Å². The van der Waals surface area contributed by atoms with Crippen molar-refractivity contribution in [1.82, 2.24) is 20.4 Å². The van der Waals surface area contributed by atoms with Gasteiger partial charge in [-0.2, -0.15) is 4.98 Å². The number of aromatic nitrogens is 3. The van der Waals surface area contributed by atoms with E-state index in [-0.39, 0.29) is 0 Å². The molecule has 0 bridgehead atoms. The van der Waals surface area contributed by atoms with Crippen LogP contribution >= 0.6 is 11.3 Å². The molecule has 0 saturated carbocycles. The van der Waals surface area contributed by atoms with Gasteiger partial charge in [-0.3, -0.25) is 0 Å². The van der Waals surface area contributed by atoms with E-state index in [1.807, 2.05) is 6.92 Å². The van der Waals surface area contributed by atoms with Gasteiger partial charge in [-0.05, 0) is 38.8 Å². The van der Waals surface area contributed by atoms with Gasteiger partial charge in [0.2, 0.25) is 5.89 Å². The van der Waals surface area contributed by atoms with Crippen LogP contribution in [-0.2, 0) is 12.8 Å². The quantitative estimate of drug-likeness (QED) is 0.926. The molecule has 0 radical (unpaired) electrons. The molecule has 3 rings (SSSR count). The van der Waals surface area contributed by atoms with Crippen molar-refractivity contribution < 1.29 is 4.52 Å². The number of piperidine rings is 1. The zero-order valence-corrected chi connectivity index (χ0v) is 11.9. The minimum Gasteiger partial charge on any atom is -0.339 e. The molecule has 2 aromatic heterocycles. The molecule has 0 aromatic carbocycles. The minimum absolute atomic E-state index is 0.667. The molecule has 1 saturated heterocycles. The minimum atomic E-state index is 0.667. The second-order valence-corrected chi connectivity index (χ2v) is 6.10. The summed E-state index contributed by atoms with van der Waals surface area (Å²) in [6.45, 7) is 4.21. The van der Waals surface area contributed by atoms with Crippen LogP contribution in [0.4, 0.5) is 0 Å². The van der Waals surface area contributed by atoms with E-state index in [4.69, 9.17) is 4.52 Å². The lowest BCUT2D eigenvalue weighted by atomic mass is 9.95. The summed E-state index contributed by atoms with van der Waals surface area (Å²) in [4.78, 5) is 8.89. The van der Waals surface area contributed by atoms with Gasteiger partial charge < -0.3 is 9.84 Å². The van der Waals surface area contributed by atoms with Crippen molar-refractivity contribution in [3.05, 3.63) is 27.8 Å². The van der Waals surface area contributed by atoms with Crippen LogP contribution in [0, 0.1) is 12.8 Å². The maximum absolute atomic E-state index is 5.34. The molecule has 0 atom stereocenters. The Balaban J connectivity index is 1.59. The van der Waals surface area contributed by atoms with Gasteiger partial charge in [-0.1, -0.05) is 5.16 Å². The van der Waals surface area contributed by atoms with Crippen LogP contribution in [0.25, 0.3) is 0 Å². The number of aryl methyl sites for hydroxylation is 1. The fraction of sp³-hybridized carbons (Fsp3) is 0.615. The topological polar surface area (TPSA) is 63.8 Å². The van der Waals surface area contributed by atoms with Crippen molar-refractivity contribution in [1.29, 1.82) is 0 Å². The third-order valence-electron chi connectivity index (χ3n) is 3.44. The van der Waals surface area contributed by atoms with Gasteiger partial charge in [0.1, 0.15) is 0 Å². The summed E-state index contributed by atoms with van der Waals surface area (Å²) >= 11 is 1.65. The molecule has 0 unspecified atom stereocenters. The number of nitrogens with zero attached hydrogens (tertiary/aromatic N) is 3. The Kier molecular flexibility index (Phi) is 3.89. The highest BCUT2D eigenvalue weighted by Crippen LogP contribution is 2.17. The fourth-order valence-corrected chi connectivity index (χ4v) is 3.04. The number of hydrogen-bond acceptors (Lipinski definition) is 6. The van der Waals surface area contributed by atoms with Gasteiger partial charge >= 0.3 is 0 Å². The number of nitrogens with one attached hydrogen (secondary N) is 1. The average molecular weight is 278 g/mol. The standard InChI is InChI=1S/C13H18N4OS/c1-9-15-11(8-19-9)7-12-16-13(18-17-12)6-10-2-4-14-5-3-10/h8,10,14H,2-7H2,1H3. The molecule has 5 nitrogen and oxygen atoms in total. The maximum Gasteiger partial charge on any atom is 0.226 e. The zero-order valence-electron chi connectivity index (χ0n) is 11.1. The van der Waals surface area contributed by atoms with E-state index < -0.39 is 0 Å². The molecule has 3 heterocycles. The van der Waals surface area contributed by atoms with Crippen LogP contribution in [0.15, 0.2) is 9.90 Å². The molecule has 102 valence electrons. The SMILES string of the molecule is Cc1nc(Cc2noc(CC3CCNCC3)n2)cs1. The van der Waals surface area contributed by atoms with E-state index in [9.17, 15) is 0 Å². The first-order valence-corrected chi connectivity index (χ1v) is 7.61. The van der Waals surface area contributed by atoms with Crippen molar-refractivity contribution in [2.45, 2.75) is 32.6 Å². The van der Waals surface area contributed by atoms with Crippen LogP contribution in [0.1, 0.15) is 35.3 Å². The summed E-state index contributed by atoms with van der Waals surface area (Å²) in [6.07, 6.45) is 3.97. The summed E-state index contributed by atoms with van der Waals surface area (Å²) in [5.74, 6) is 2.19. The summed E-state index contributed by atoms with van der Waals surface area (Å²) in [5, 5.41) is 10.5. The smallest absolute Gasteiger partial charge is 0.226 e. The third-order valence-corrected chi connectivity index (χ3v) is 4.26. The first kappa shape index (κ1) is 12.7. The molecule has 0 spiro atoms. The highest BCUT2D eigenvalue weighted by atomic mass is 32.1. The Hall–Kier alpha value is -1.27. The summed E-state index contributed by atoms with van der Waals surface area (Å²) in [5.41, 5.74) is 1.02. The Labute approximate surface area is 116 Å². The highest BCUT2D eigenvalue weighted by molar-refractivity contribution is 7.09. The number of rotatable bonds is 4. The van der Waals surface area contributed by atoms with E-state index in [1.165, 1.54) is 12.8 Å². The lowest BCUT2D eigenvalue weighted by Crippen LogP contribution is -2.28. The van der Waals surface area contributed by atoms with Gasteiger partial charge in [0, 0.05) is 11.8 Å². The van der Waals surface area contributed by atoms with E-state index in [1.54, 1.807) is 11.3 Å². The molecule has 0 amide bonds. The van der Waals surface area contributed by atoms with Crippen LogP contribution in [0.3, 0.4) is 0 Å². The van der Waals surface area contributed by atoms with Gasteiger partial charge in [-0.25, -0.2) is 4.98 Å². The molecule has 0 aliphatic carbocycles. The molecule has 2 aromatic rings. The summed E-state index contributed by atoms with van der Waals surface area (Å²) in [7, 11) is 0. The van der Waals surface area contributed by atoms with Crippen molar-refractivity contribution in [2.24, 2.45) is 5.92 Å². The van der Waals surface area contributed by atoms with Crippen LogP contribution in [0.5, 0.6) is 0 Å². The van der Waals surface area contributed by atoms with Crippen molar-refractivity contribution in [3.8, 4) is 0 Å². The second kappa shape index (κ2) is 5.79. The number of hydrogen-bond donors (Lipinski definition) is 1. The van der Waals surface area contributed by atoms with Gasteiger partial charge in [0.25, 0.3) is 0 Å². The fourth-order valence-electron chi connectivity index (χ4n) is 2.43. The molecular formula is C13H18N4OS. The zero-order chi connectivity index (χ0) is 13.1. The molecular weight excluding hydrogens is 260 g/mol. The molecule has 1 aliphatic heterocycles. The van der Waals surface area contributed by atoms with Gasteiger partial charge in [-0.15, -0.1) is 11.3 Å². The molecule has 1 N–H and O–H groups in total. The molecule has 1 aliphatic rings. The van der Waals surface area contributed by atoms with Gasteiger partial charge in [0.05, 0.1) is 17.1 Å². The number of thiazole rings is 1. The first-order valence-electron chi connectivity index (χ1n) is 6.73.